The van der Waals surface area contributed by atoms with Crippen molar-refractivity contribution in [2.45, 2.75) is 19.6 Å². The van der Waals surface area contributed by atoms with Crippen LogP contribution in [0, 0.1) is 0 Å². The Morgan fingerprint density at radius 3 is 2.16 bits per heavy atom. The third-order valence-corrected chi connectivity index (χ3v) is 6.32. The van der Waals surface area contributed by atoms with E-state index in [4.69, 9.17) is 67.5 Å². The summed E-state index contributed by atoms with van der Waals surface area (Å²) >= 11 is 31.1. The molecule has 0 unspecified atom stereocenters. The minimum absolute atomic E-state index is 0.199. The van der Waals surface area contributed by atoms with Crippen LogP contribution in [0.1, 0.15) is 16.7 Å². The maximum absolute atomic E-state index is 6.48. The Morgan fingerprint density at radius 1 is 0.774 bits per heavy atom. The molecule has 0 aliphatic rings. The number of ether oxygens (including phenoxy) is 2. The van der Waals surface area contributed by atoms with Crippen LogP contribution in [-0.2, 0) is 19.6 Å². The molecule has 0 aliphatic carbocycles. The van der Waals surface area contributed by atoms with E-state index in [0.717, 1.165) is 24.1 Å². The summed E-state index contributed by atoms with van der Waals surface area (Å²) in [7, 11) is 1.58. The topological polar surface area (TPSA) is 30.5 Å². The monoisotopic (exact) mass is 517 g/mol. The summed E-state index contributed by atoms with van der Waals surface area (Å²) in [5.74, 6) is 1.09. The van der Waals surface area contributed by atoms with Crippen molar-refractivity contribution in [2.24, 2.45) is 0 Å². The lowest BCUT2D eigenvalue weighted by atomic mass is 10.1. The maximum Gasteiger partial charge on any atom is 0.163 e. The molecule has 164 valence electrons. The van der Waals surface area contributed by atoms with Crippen molar-refractivity contribution >= 4 is 58.0 Å². The fourth-order valence-electron chi connectivity index (χ4n) is 2.98. The van der Waals surface area contributed by atoms with Gasteiger partial charge in [0.25, 0.3) is 0 Å². The van der Waals surface area contributed by atoms with E-state index in [0.29, 0.717) is 48.7 Å². The lowest BCUT2D eigenvalue weighted by molar-refractivity contribution is 0.284. The van der Waals surface area contributed by atoms with Crippen molar-refractivity contribution in [1.82, 2.24) is 5.32 Å². The van der Waals surface area contributed by atoms with Crippen molar-refractivity contribution in [1.29, 1.82) is 0 Å². The molecule has 0 amide bonds. The Kier molecular flexibility index (Phi) is 9.03. The fourth-order valence-corrected chi connectivity index (χ4v) is 4.21. The predicted molar refractivity (Wildman–Crippen MR) is 131 cm³/mol. The zero-order valence-corrected chi connectivity index (χ0v) is 20.4. The van der Waals surface area contributed by atoms with Crippen molar-refractivity contribution < 1.29 is 9.47 Å². The van der Waals surface area contributed by atoms with Gasteiger partial charge in [0, 0.05) is 43.3 Å². The SMILES string of the molecule is COc1cc(CNCCc2ccc(Cl)cc2Cl)c(Cl)cc1OCc1c(Cl)cccc1Cl. The second kappa shape index (κ2) is 11.5. The highest BCUT2D eigenvalue weighted by Crippen LogP contribution is 2.35. The van der Waals surface area contributed by atoms with E-state index >= 15 is 0 Å². The molecule has 8 heteroatoms. The number of benzene rings is 3. The molecule has 0 aliphatic heterocycles. The summed E-state index contributed by atoms with van der Waals surface area (Å²) in [5, 5.41) is 6.30. The largest absolute Gasteiger partial charge is 0.493 e. The van der Waals surface area contributed by atoms with Gasteiger partial charge in [-0.05, 0) is 54.4 Å². The lowest BCUT2D eigenvalue weighted by Gasteiger charge is -2.15. The van der Waals surface area contributed by atoms with Crippen LogP contribution in [0.3, 0.4) is 0 Å². The van der Waals surface area contributed by atoms with Crippen LogP contribution in [0.5, 0.6) is 11.5 Å². The van der Waals surface area contributed by atoms with Gasteiger partial charge in [-0.1, -0.05) is 70.1 Å². The molecule has 0 radical (unpaired) electrons. The first kappa shape index (κ1) is 24.3. The molecular weight excluding hydrogens is 500 g/mol. The van der Waals surface area contributed by atoms with Gasteiger partial charge in [0.2, 0.25) is 0 Å². The van der Waals surface area contributed by atoms with Crippen LogP contribution in [0.15, 0.2) is 48.5 Å². The summed E-state index contributed by atoms with van der Waals surface area (Å²) in [4.78, 5) is 0. The highest BCUT2D eigenvalue weighted by atomic mass is 35.5. The highest BCUT2D eigenvalue weighted by molar-refractivity contribution is 6.36. The number of rotatable bonds is 9. The first-order chi connectivity index (χ1) is 14.9. The molecule has 0 aromatic heterocycles. The van der Waals surface area contributed by atoms with E-state index in [2.05, 4.69) is 5.32 Å². The molecule has 3 aromatic rings. The molecule has 31 heavy (non-hydrogen) atoms. The van der Waals surface area contributed by atoms with E-state index in [1.807, 2.05) is 18.2 Å². The van der Waals surface area contributed by atoms with Crippen LogP contribution in [0.25, 0.3) is 0 Å². The first-order valence-corrected chi connectivity index (χ1v) is 11.3. The van der Waals surface area contributed by atoms with Gasteiger partial charge in [0.15, 0.2) is 11.5 Å². The summed E-state index contributed by atoms with van der Waals surface area (Å²) in [6.45, 7) is 1.49. The van der Waals surface area contributed by atoms with Crippen LogP contribution >= 0.6 is 58.0 Å². The maximum atomic E-state index is 6.48. The zero-order valence-electron chi connectivity index (χ0n) is 16.7. The Hall–Kier alpha value is -1.33. The number of hydrogen-bond donors (Lipinski definition) is 1. The van der Waals surface area contributed by atoms with Gasteiger partial charge >= 0.3 is 0 Å². The van der Waals surface area contributed by atoms with Crippen LogP contribution < -0.4 is 14.8 Å². The fraction of sp³-hybridized carbons (Fsp3) is 0.217. The molecule has 1 N–H and O–H groups in total. The van der Waals surface area contributed by atoms with Crippen LogP contribution in [-0.4, -0.2) is 13.7 Å². The van der Waals surface area contributed by atoms with E-state index < -0.39 is 0 Å². The molecule has 3 rings (SSSR count). The molecule has 0 bridgehead atoms. The van der Waals surface area contributed by atoms with Crippen LogP contribution in [0.4, 0.5) is 0 Å². The van der Waals surface area contributed by atoms with E-state index in [1.54, 1.807) is 37.4 Å². The Labute approximate surface area is 207 Å². The standard InChI is InChI=1S/C23H20Cl5NO2/c1-30-22-9-15(12-29-8-7-14-5-6-16(24)10-20(14)27)21(28)11-23(22)31-13-17-18(25)3-2-4-19(17)26/h2-6,9-11,29H,7-8,12-13H2,1H3. The zero-order chi connectivity index (χ0) is 22.4. The van der Waals surface area contributed by atoms with Crippen LogP contribution in [0.2, 0.25) is 25.1 Å². The van der Waals surface area contributed by atoms with Crippen molar-refractivity contribution in [2.75, 3.05) is 13.7 Å². The van der Waals surface area contributed by atoms with Gasteiger partial charge in [0.05, 0.1) is 7.11 Å². The summed E-state index contributed by atoms with van der Waals surface area (Å²) < 4.78 is 11.4. The molecule has 0 spiro atoms. The number of hydrogen-bond acceptors (Lipinski definition) is 3. The Morgan fingerprint density at radius 2 is 1.48 bits per heavy atom. The molecule has 3 nitrogen and oxygen atoms in total. The summed E-state index contributed by atoms with van der Waals surface area (Å²) in [6, 6.07) is 14.4. The number of nitrogens with one attached hydrogen (secondary N) is 1. The molecule has 0 saturated carbocycles. The molecule has 3 aromatic carbocycles. The minimum Gasteiger partial charge on any atom is -0.493 e. The average Bonchev–Trinajstić information content (AvgIpc) is 2.73. The van der Waals surface area contributed by atoms with E-state index in [1.165, 1.54) is 0 Å². The summed E-state index contributed by atoms with van der Waals surface area (Å²) in [6.07, 6.45) is 0.768. The van der Waals surface area contributed by atoms with Crippen molar-refractivity contribution in [3.63, 3.8) is 0 Å². The number of halogens is 5. The van der Waals surface area contributed by atoms with Gasteiger partial charge in [-0.3, -0.25) is 0 Å². The summed E-state index contributed by atoms with van der Waals surface area (Å²) in [5.41, 5.74) is 2.63. The Bertz CT molecular complexity index is 1040. The van der Waals surface area contributed by atoms with Gasteiger partial charge in [-0.2, -0.15) is 0 Å². The number of methoxy groups -OCH3 is 1. The van der Waals surface area contributed by atoms with Crippen molar-refractivity contribution in [3.05, 3.63) is 90.3 Å². The smallest absolute Gasteiger partial charge is 0.163 e. The lowest BCUT2D eigenvalue weighted by Crippen LogP contribution is -2.17. The van der Waals surface area contributed by atoms with E-state index in [-0.39, 0.29) is 6.61 Å². The second-order valence-electron chi connectivity index (χ2n) is 6.75. The van der Waals surface area contributed by atoms with E-state index in [9.17, 15) is 0 Å². The molecule has 0 fully saturated rings. The first-order valence-electron chi connectivity index (χ1n) is 9.45. The Balaban J connectivity index is 1.62. The molecular formula is C23H20Cl5NO2. The third kappa shape index (κ3) is 6.58. The normalized spacial score (nSPS) is 10.9. The quantitative estimate of drug-likeness (QED) is 0.292. The molecule has 0 heterocycles. The van der Waals surface area contributed by atoms with Gasteiger partial charge in [-0.15, -0.1) is 0 Å². The molecule has 0 atom stereocenters. The second-order valence-corrected chi connectivity index (χ2v) is 8.81. The van der Waals surface area contributed by atoms with Crippen molar-refractivity contribution in [3.8, 4) is 11.5 Å². The minimum atomic E-state index is 0.199. The highest BCUT2D eigenvalue weighted by Gasteiger charge is 2.13. The third-order valence-electron chi connectivity index (χ3n) is 4.67. The average molecular weight is 520 g/mol. The predicted octanol–water partition coefficient (Wildman–Crippen LogP) is 7.87. The van der Waals surface area contributed by atoms with Gasteiger partial charge in [0.1, 0.15) is 6.61 Å². The van der Waals surface area contributed by atoms with Gasteiger partial charge < -0.3 is 14.8 Å². The molecule has 0 saturated heterocycles. The van der Waals surface area contributed by atoms with Gasteiger partial charge in [-0.25, -0.2) is 0 Å².